The number of carbonyl (C=O) groups is 1. The number of aromatic nitrogens is 3. The van der Waals surface area contributed by atoms with Crippen molar-refractivity contribution in [3.05, 3.63) is 30.1 Å². The topological polar surface area (TPSA) is 86.3 Å². The number of nitrogens with one attached hydrogen (secondary N) is 1. The summed E-state index contributed by atoms with van der Waals surface area (Å²) in [4.78, 5) is 24.0. The third-order valence-electron chi connectivity index (χ3n) is 4.64. The maximum Gasteiger partial charge on any atom is 0.203 e. The Morgan fingerprint density at radius 1 is 1.15 bits per heavy atom. The smallest absolute Gasteiger partial charge is 0.203 e. The van der Waals surface area contributed by atoms with Crippen molar-refractivity contribution < 1.29 is 19.0 Å². The number of rotatable bonds is 7. The van der Waals surface area contributed by atoms with Gasteiger partial charge in [-0.3, -0.25) is 4.79 Å². The molecule has 0 saturated carbocycles. The standard InChI is InChI=1S/C20H23N3O4/c1-11(12(2)24)6-14-9-21-20-18(14)23-15(10-22-20)13-7-16(25-3)19(27-5)17(8-13)26-4/h7-11H,6H2,1-5H3,(H,21,22). The number of hydrogen-bond donors (Lipinski definition) is 1. The molecule has 142 valence electrons. The van der Waals surface area contributed by atoms with Gasteiger partial charge in [0.1, 0.15) is 11.3 Å². The highest BCUT2D eigenvalue weighted by atomic mass is 16.5. The van der Waals surface area contributed by atoms with Crippen LogP contribution in [0.2, 0.25) is 0 Å². The molecule has 7 heteroatoms. The van der Waals surface area contributed by atoms with E-state index in [-0.39, 0.29) is 11.7 Å². The molecule has 0 bridgehead atoms. The molecule has 3 rings (SSSR count). The summed E-state index contributed by atoms with van der Waals surface area (Å²) >= 11 is 0. The number of ketones is 1. The monoisotopic (exact) mass is 369 g/mol. The summed E-state index contributed by atoms with van der Waals surface area (Å²) in [5.74, 6) is 1.70. The van der Waals surface area contributed by atoms with Crippen molar-refractivity contribution in [2.24, 2.45) is 5.92 Å². The van der Waals surface area contributed by atoms with Crippen LogP contribution in [0.15, 0.2) is 24.5 Å². The number of methoxy groups -OCH3 is 3. The van der Waals surface area contributed by atoms with E-state index in [0.29, 0.717) is 35.0 Å². The first-order valence-electron chi connectivity index (χ1n) is 8.62. The maximum absolute atomic E-state index is 11.6. The third kappa shape index (κ3) is 3.58. The lowest BCUT2D eigenvalue weighted by Gasteiger charge is -2.14. The summed E-state index contributed by atoms with van der Waals surface area (Å²) < 4.78 is 16.2. The number of nitrogens with zero attached hydrogens (tertiary/aromatic N) is 2. The lowest BCUT2D eigenvalue weighted by Crippen LogP contribution is -2.09. The van der Waals surface area contributed by atoms with Crippen LogP contribution in [-0.4, -0.2) is 42.1 Å². The van der Waals surface area contributed by atoms with Gasteiger partial charge >= 0.3 is 0 Å². The first-order chi connectivity index (χ1) is 13.0. The van der Waals surface area contributed by atoms with Crippen LogP contribution < -0.4 is 14.2 Å². The number of H-pyrrole nitrogens is 1. The fourth-order valence-electron chi connectivity index (χ4n) is 2.94. The summed E-state index contributed by atoms with van der Waals surface area (Å²) in [6.45, 7) is 3.52. The normalized spacial score (nSPS) is 12.0. The van der Waals surface area contributed by atoms with Crippen molar-refractivity contribution in [1.29, 1.82) is 0 Å². The van der Waals surface area contributed by atoms with Crippen molar-refractivity contribution in [3.8, 4) is 28.5 Å². The van der Waals surface area contributed by atoms with Crippen molar-refractivity contribution in [3.63, 3.8) is 0 Å². The number of carbonyl (C=O) groups excluding carboxylic acids is 1. The van der Waals surface area contributed by atoms with Gasteiger partial charge in [-0.25, -0.2) is 9.97 Å². The summed E-state index contributed by atoms with van der Waals surface area (Å²) in [6, 6.07) is 3.67. The van der Waals surface area contributed by atoms with Crippen LogP contribution in [0.1, 0.15) is 19.4 Å². The Hall–Kier alpha value is -3.09. The molecular formula is C20H23N3O4. The first kappa shape index (κ1) is 18.7. The molecule has 27 heavy (non-hydrogen) atoms. The summed E-state index contributed by atoms with van der Waals surface area (Å²) in [5, 5.41) is 0. The van der Waals surface area contributed by atoms with Crippen LogP contribution in [0, 0.1) is 5.92 Å². The molecule has 0 fully saturated rings. The van der Waals surface area contributed by atoms with E-state index in [2.05, 4.69) is 9.97 Å². The van der Waals surface area contributed by atoms with E-state index in [1.165, 1.54) is 0 Å². The van der Waals surface area contributed by atoms with Crippen LogP contribution in [0.4, 0.5) is 0 Å². The van der Waals surface area contributed by atoms with Crippen molar-refractivity contribution in [2.45, 2.75) is 20.3 Å². The van der Waals surface area contributed by atoms with E-state index in [9.17, 15) is 4.79 Å². The molecule has 0 radical (unpaired) electrons. The number of ether oxygens (including phenoxy) is 3. The van der Waals surface area contributed by atoms with Gasteiger partial charge in [-0.1, -0.05) is 6.92 Å². The third-order valence-corrected chi connectivity index (χ3v) is 4.64. The Morgan fingerprint density at radius 2 is 1.81 bits per heavy atom. The van der Waals surface area contributed by atoms with Gasteiger partial charge in [0.25, 0.3) is 0 Å². The average Bonchev–Trinajstić information content (AvgIpc) is 3.08. The van der Waals surface area contributed by atoms with Gasteiger partial charge in [0.05, 0.1) is 33.2 Å². The van der Waals surface area contributed by atoms with Crippen molar-refractivity contribution in [1.82, 2.24) is 15.0 Å². The highest BCUT2D eigenvalue weighted by Crippen LogP contribution is 2.40. The molecule has 1 unspecified atom stereocenters. The zero-order valence-electron chi connectivity index (χ0n) is 16.1. The number of benzene rings is 1. The predicted octanol–water partition coefficient (Wildman–Crippen LogP) is 3.42. The number of fused-ring (bicyclic) bond motifs is 1. The maximum atomic E-state index is 11.6. The number of Topliss-reactive ketones (excluding diaryl/α,β-unsaturated/α-hetero) is 1. The van der Waals surface area contributed by atoms with Crippen LogP contribution in [-0.2, 0) is 11.2 Å². The minimum absolute atomic E-state index is 0.0735. The Bertz CT molecular complexity index is 956. The zero-order valence-corrected chi connectivity index (χ0v) is 16.1. The molecule has 1 atom stereocenters. The van der Waals surface area contributed by atoms with Crippen molar-refractivity contribution in [2.75, 3.05) is 21.3 Å². The molecule has 0 amide bonds. The molecule has 1 N–H and O–H groups in total. The Morgan fingerprint density at radius 3 is 2.37 bits per heavy atom. The predicted molar refractivity (Wildman–Crippen MR) is 103 cm³/mol. The van der Waals surface area contributed by atoms with Gasteiger partial charge in [0, 0.05) is 17.7 Å². The largest absolute Gasteiger partial charge is 0.493 e. The molecule has 0 aliphatic carbocycles. The van der Waals surface area contributed by atoms with Gasteiger partial charge in [-0.05, 0) is 31.0 Å². The molecule has 0 spiro atoms. The Balaban J connectivity index is 2.08. The lowest BCUT2D eigenvalue weighted by molar-refractivity contribution is -0.120. The molecule has 2 heterocycles. The zero-order chi connectivity index (χ0) is 19.6. The molecule has 2 aromatic heterocycles. The summed E-state index contributed by atoms with van der Waals surface area (Å²) in [5.41, 5.74) is 3.89. The number of hydrogen-bond acceptors (Lipinski definition) is 6. The summed E-state index contributed by atoms with van der Waals surface area (Å²) in [7, 11) is 4.71. The fraction of sp³-hybridized carbons (Fsp3) is 0.350. The van der Waals surface area contributed by atoms with E-state index in [0.717, 1.165) is 16.6 Å². The second kappa shape index (κ2) is 7.65. The van der Waals surface area contributed by atoms with E-state index in [1.807, 2.05) is 25.3 Å². The van der Waals surface area contributed by atoms with E-state index < -0.39 is 0 Å². The van der Waals surface area contributed by atoms with E-state index in [4.69, 9.17) is 19.2 Å². The van der Waals surface area contributed by atoms with E-state index in [1.54, 1.807) is 34.4 Å². The highest BCUT2D eigenvalue weighted by molar-refractivity contribution is 5.81. The van der Waals surface area contributed by atoms with Gasteiger partial charge in [0.15, 0.2) is 17.1 Å². The lowest BCUT2D eigenvalue weighted by atomic mass is 9.99. The van der Waals surface area contributed by atoms with Crippen LogP contribution in [0.3, 0.4) is 0 Å². The Labute approximate surface area is 157 Å². The average molecular weight is 369 g/mol. The second-order valence-electron chi connectivity index (χ2n) is 6.40. The molecule has 3 aromatic rings. The van der Waals surface area contributed by atoms with Gasteiger partial charge < -0.3 is 19.2 Å². The molecule has 0 aliphatic rings. The van der Waals surface area contributed by atoms with Crippen molar-refractivity contribution >= 4 is 16.9 Å². The molecule has 1 aromatic carbocycles. The van der Waals surface area contributed by atoms with Gasteiger partial charge in [-0.2, -0.15) is 0 Å². The molecule has 0 aliphatic heterocycles. The van der Waals surface area contributed by atoms with E-state index >= 15 is 0 Å². The van der Waals surface area contributed by atoms with Crippen LogP contribution in [0.5, 0.6) is 17.2 Å². The fourth-order valence-corrected chi connectivity index (χ4v) is 2.94. The quantitative estimate of drug-likeness (QED) is 0.687. The molecular weight excluding hydrogens is 346 g/mol. The van der Waals surface area contributed by atoms with Crippen LogP contribution >= 0.6 is 0 Å². The van der Waals surface area contributed by atoms with Gasteiger partial charge in [0.2, 0.25) is 5.75 Å². The Kier molecular flexibility index (Phi) is 5.30. The summed E-state index contributed by atoms with van der Waals surface area (Å²) in [6.07, 6.45) is 4.17. The SMILES string of the molecule is COc1cc(-c2cnc3[nH]cc(CC(C)C(C)=O)c3n2)cc(OC)c1OC. The highest BCUT2D eigenvalue weighted by Gasteiger charge is 2.17. The first-order valence-corrected chi connectivity index (χ1v) is 8.62. The minimum Gasteiger partial charge on any atom is -0.493 e. The molecule has 0 saturated heterocycles. The molecule has 7 nitrogen and oxygen atoms in total. The number of aromatic amines is 1. The van der Waals surface area contributed by atoms with Gasteiger partial charge in [-0.15, -0.1) is 0 Å². The van der Waals surface area contributed by atoms with Crippen LogP contribution in [0.25, 0.3) is 22.4 Å². The second-order valence-corrected chi connectivity index (χ2v) is 6.40. The minimum atomic E-state index is -0.0735.